The molecule has 2 fully saturated rings. The molecule has 0 radical (unpaired) electrons. The van der Waals surface area contributed by atoms with Crippen LogP contribution in [-0.4, -0.2) is 25.7 Å². The normalized spacial score (nSPS) is 36.6. The Balaban J connectivity index is 0.000000500. The molecule has 58 valence electrons. The summed E-state index contributed by atoms with van der Waals surface area (Å²) in [6.45, 7) is 2.41. The van der Waals surface area contributed by atoms with Crippen LogP contribution in [0.2, 0.25) is 0 Å². The van der Waals surface area contributed by atoms with Crippen LogP contribution in [-0.2, 0) is 9.53 Å². The van der Waals surface area contributed by atoms with E-state index in [0.717, 1.165) is 13.1 Å². The number of carbonyl (C=O) groups is 1. The van der Waals surface area contributed by atoms with E-state index in [0.29, 0.717) is 12.5 Å². The number of halogens is 1. The second-order valence-corrected chi connectivity index (χ2v) is 2.65. The fraction of sp³-hybridized carbons (Fsp3) is 0.833. The van der Waals surface area contributed by atoms with Gasteiger partial charge in [-0.05, 0) is 0 Å². The molecule has 0 bridgehead atoms. The molecule has 3 nitrogen and oxygen atoms in total. The second-order valence-electron chi connectivity index (χ2n) is 2.65. The van der Waals surface area contributed by atoms with Gasteiger partial charge in [-0.3, -0.25) is 4.79 Å². The summed E-state index contributed by atoms with van der Waals surface area (Å²) >= 11 is 0. The van der Waals surface area contributed by atoms with Crippen LogP contribution >= 0.6 is 12.4 Å². The van der Waals surface area contributed by atoms with E-state index in [1.165, 1.54) is 0 Å². The van der Waals surface area contributed by atoms with Crippen LogP contribution in [0.1, 0.15) is 0 Å². The van der Waals surface area contributed by atoms with Gasteiger partial charge in [0.05, 0.1) is 12.5 Å². The van der Waals surface area contributed by atoms with Crippen LogP contribution in [0, 0.1) is 11.8 Å². The van der Waals surface area contributed by atoms with Crippen LogP contribution in [0.4, 0.5) is 0 Å². The molecule has 0 aromatic carbocycles. The van der Waals surface area contributed by atoms with Gasteiger partial charge >= 0.3 is 5.97 Å². The van der Waals surface area contributed by atoms with Crippen LogP contribution in [0.25, 0.3) is 0 Å². The highest BCUT2D eigenvalue weighted by Crippen LogP contribution is 2.24. The number of fused-ring (bicyclic) bond motifs is 1. The summed E-state index contributed by atoms with van der Waals surface area (Å²) in [7, 11) is 0. The largest absolute Gasteiger partial charge is 0.465 e. The van der Waals surface area contributed by atoms with Crippen molar-refractivity contribution in [2.24, 2.45) is 11.8 Å². The third-order valence-corrected chi connectivity index (χ3v) is 2.08. The van der Waals surface area contributed by atoms with Crippen LogP contribution in [0.15, 0.2) is 0 Å². The number of hydrogen-bond acceptors (Lipinski definition) is 3. The van der Waals surface area contributed by atoms with Crippen molar-refractivity contribution in [3.63, 3.8) is 0 Å². The maximum Gasteiger partial charge on any atom is 0.310 e. The first-order valence-electron chi connectivity index (χ1n) is 3.25. The Bertz CT molecular complexity index is 151. The Kier molecular flexibility index (Phi) is 2.16. The van der Waals surface area contributed by atoms with Gasteiger partial charge in [0.25, 0.3) is 0 Å². The van der Waals surface area contributed by atoms with Gasteiger partial charge in [-0.1, -0.05) is 0 Å². The molecule has 0 aromatic heterocycles. The zero-order valence-corrected chi connectivity index (χ0v) is 6.32. The van der Waals surface area contributed by atoms with Crippen molar-refractivity contribution in [2.45, 2.75) is 0 Å². The van der Waals surface area contributed by atoms with Gasteiger partial charge in [-0.15, -0.1) is 12.4 Å². The number of carbonyl (C=O) groups excluding carboxylic acids is 1. The highest BCUT2D eigenvalue weighted by molar-refractivity contribution is 5.85. The van der Waals surface area contributed by atoms with E-state index in [1.807, 2.05) is 0 Å². The number of hydrogen-bond donors (Lipinski definition) is 1. The smallest absolute Gasteiger partial charge is 0.310 e. The molecule has 0 spiro atoms. The Hall–Kier alpha value is -0.280. The molecular weight excluding hydrogens is 154 g/mol. The Morgan fingerprint density at radius 2 is 2.30 bits per heavy atom. The van der Waals surface area contributed by atoms with Crippen LogP contribution in [0.3, 0.4) is 0 Å². The van der Waals surface area contributed by atoms with Crippen molar-refractivity contribution in [3.05, 3.63) is 0 Å². The van der Waals surface area contributed by atoms with Gasteiger partial charge in [0.1, 0.15) is 0 Å². The molecule has 0 aliphatic carbocycles. The van der Waals surface area contributed by atoms with E-state index in [9.17, 15) is 4.79 Å². The number of rotatable bonds is 0. The summed E-state index contributed by atoms with van der Waals surface area (Å²) in [5.41, 5.74) is 0. The fourth-order valence-electron chi connectivity index (χ4n) is 1.48. The lowest BCUT2D eigenvalue weighted by Crippen LogP contribution is -2.15. The van der Waals surface area contributed by atoms with Gasteiger partial charge in [0.15, 0.2) is 0 Å². The van der Waals surface area contributed by atoms with Gasteiger partial charge in [-0.2, -0.15) is 0 Å². The topological polar surface area (TPSA) is 38.3 Å². The lowest BCUT2D eigenvalue weighted by molar-refractivity contribution is -0.141. The van der Waals surface area contributed by atoms with Crippen molar-refractivity contribution in [3.8, 4) is 0 Å². The minimum absolute atomic E-state index is 0. The van der Waals surface area contributed by atoms with Crippen molar-refractivity contribution >= 4 is 18.4 Å². The molecule has 2 atom stereocenters. The average Bonchev–Trinajstić information content (AvgIpc) is 2.35. The predicted molar refractivity (Wildman–Crippen MR) is 38.1 cm³/mol. The SMILES string of the molecule is Cl.O=C1OC[C@H]2CNC[C@@H]12. The molecule has 1 N–H and O–H groups in total. The van der Waals surface area contributed by atoms with E-state index in [2.05, 4.69) is 5.32 Å². The minimum Gasteiger partial charge on any atom is -0.465 e. The summed E-state index contributed by atoms with van der Waals surface area (Å²) in [6, 6.07) is 0. The molecule has 0 amide bonds. The first-order valence-corrected chi connectivity index (χ1v) is 3.25. The maximum absolute atomic E-state index is 10.8. The van der Waals surface area contributed by atoms with E-state index in [-0.39, 0.29) is 24.3 Å². The van der Waals surface area contributed by atoms with Gasteiger partial charge < -0.3 is 10.1 Å². The van der Waals surface area contributed by atoms with Gasteiger partial charge in [0.2, 0.25) is 0 Å². The zero-order chi connectivity index (χ0) is 6.27. The third-order valence-electron chi connectivity index (χ3n) is 2.08. The quantitative estimate of drug-likeness (QED) is 0.503. The standard InChI is InChI=1S/C6H9NO2.ClH/c8-6-5-2-7-1-4(5)3-9-6;/h4-5,7H,1-3H2;1H/t4-,5-;/m1./s1. The Morgan fingerprint density at radius 1 is 1.50 bits per heavy atom. The summed E-state index contributed by atoms with van der Waals surface area (Å²) in [5.74, 6) is 0.632. The summed E-state index contributed by atoms with van der Waals surface area (Å²) in [5, 5.41) is 3.15. The molecule has 2 rings (SSSR count). The number of esters is 1. The van der Waals surface area contributed by atoms with E-state index < -0.39 is 0 Å². The number of cyclic esters (lactones) is 1. The second kappa shape index (κ2) is 2.76. The minimum atomic E-state index is -0.00926. The molecule has 2 saturated heterocycles. The van der Waals surface area contributed by atoms with Crippen molar-refractivity contribution < 1.29 is 9.53 Å². The highest BCUT2D eigenvalue weighted by atomic mass is 35.5. The first-order chi connectivity index (χ1) is 4.38. The average molecular weight is 164 g/mol. The number of ether oxygens (including phenoxy) is 1. The van der Waals surface area contributed by atoms with E-state index in [1.54, 1.807) is 0 Å². The zero-order valence-electron chi connectivity index (χ0n) is 5.50. The maximum atomic E-state index is 10.8. The van der Waals surface area contributed by atoms with Crippen molar-refractivity contribution in [2.75, 3.05) is 19.7 Å². The lowest BCUT2D eigenvalue weighted by Gasteiger charge is -1.96. The highest BCUT2D eigenvalue weighted by Gasteiger charge is 2.39. The predicted octanol–water partition coefficient (Wildman–Crippen LogP) is -0.199. The first kappa shape index (κ1) is 7.82. The molecule has 2 aliphatic rings. The third kappa shape index (κ3) is 0.995. The Labute approximate surface area is 65.5 Å². The van der Waals surface area contributed by atoms with Crippen molar-refractivity contribution in [1.82, 2.24) is 5.32 Å². The van der Waals surface area contributed by atoms with E-state index in [4.69, 9.17) is 4.74 Å². The van der Waals surface area contributed by atoms with Gasteiger partial charge in [-0.25, -0.2) is 0 Å². The fourth-order valence-corrected chi connectivity index (χ4v) is 1.48. The molecule has 2 aliphatic heterocycles. The summed E-state index contributed by atoms with van der Waals surface area (Å²) in [6.07, 6.45) is 0. The number of nitrogens with one attached hydrogen (secondary N) is 1. The monoisotopic (exact) mass is 163 g/mol. The van der Waals surface area contributed by atoms with Crippen LogP contribution < -0.4 is 5.32 Å². The lowest BCUT2D eigenvalue weighted by atomic mass is 10.0. The molecule has 4 heteroatoms. The van der Waals surface area contributed by atoms with Gasteiger partial charge in [0, 0.05) is 19.0 Å². The Morgan fingerprint density at radius 3 is 3.00 bits per heavy atom. The molecule has 2 heterocycles. The molecule has 0 saturated carbocycles. The molecule has 10 heavy (non-hydrogen) atoms. The summed E-state index contributed by atoms with van der Waals surface area (Å²) < 4.78 is 4.84. The molecular formula is C6H10ClNO2. The van der Waals surface area contributed by atoms with Crippen LogP contribution in [0.5, 0.6) is 0 Å². The van der Waals surface area contributed by atoms with Crippen molar-refractivity contribution in [1.29, 1.82) is 0 Å². The molecule has 0 unspecified atom stereocenters. The summed E-state index contributed by atoms with van der Waals surface area (Å²) in [4.78, 5) is 10.8. The molecule has 0 aromatic rings. The van der Waals surface area contributed by atoms with E-state index >= 15 is 0 Å².